The highest BCUT2D eigenvalue weighted by atomic mass is 19.1. The highest BCUT2D eigenvalue weighted by Gasteiger charge is 2.27. The van der Waals surface area contributed by atoms with Crippen LogP contribution in [-0.4, -0.2) is 32.6 Å². The van der Waals surface area contributed by atoms with Crippen molar-refractivity contribution in [3.05, 3.63) is 41.7 Å². The molecule has 0 unspecified atom stereocenters. The van der Waals surface area contributed by atoms with E-state index in [2.05, 4.69) is 15.4 Å². The number of carbonyl (C=O) groups is 2. The Hall–Kier alpha value is -2.77. The summed E-state index contributed by atoms with van der Waals surface area (Å²) in [4.78, 5) is 28.2. The van der Waals surface area contributed by atoms with Gasteiger partial charge in [-0.1, -0.05) is 19.9 Å². The predicted octanol–water partition coefficient (Wildman–Crippen LogP) is 2.30. The van der Waals surface area contributed by atoms with Gasteiger partial charge in [0.15, 0.2) is 0 Å². The zero-order valence-corrected chi connectivity index (χ0v) is 15.5. The van der Waals surface area contributed by atoms with Crippen molar-refractivity contribution in [3.8, 4) is 5.69 Å². The van der Waals surface area contributed by atoms with Crippen LogP contribution in [0.1, 0.15) is 61.9 Å². The smallest absolute Gasteiger partial charge is 0.291 e. The van der Waals surface area contributed by atoms with Gasteiger partial charge >= 0.3 is 0 Å². The van der Waals surface area contributed by atoms with E-state index in [9.17, 15) is 14.0 Å². The Kier molecular flexibility index (Phi) is 5.53. The Labute approximate surface area is 157 Å². The number of primary amides is 1. The molecule has 8 heteroatoms. The van der Waals surface area contributed by atoms with E-state index in [1.165, 1.54) is 16.8 Å². The number of nitrogens with one attached hydrogen (secondary N) is 1. The summed E-state index contributed by atoms with van der Waals surface area (Å²) in [5.41, 5.74) is 5.86. The first-order chi connectivity index (χ1) is 12.8. The van der Waals surface area contributed by atoms with Crippen LogP contribution >= 0.6 is 0 Å². The number of rotatable bonds is 5. The minimum Gasteiger partial charge on any atom is -0.369 e. The van der Waals surface area contributed by atoms with E-state index in [1.807, 2.05) is 13.8 Å². The van der Waals surface area contributed by atoms with Crippen molar-refractivity contribution >= 4 is 11.8 Å². The van der Waals surface area contributed by atoms with E-state index in [0.717, 1.165) is 0 Å². The average molecular weight is 373 g/mol. The minimum absolute atomic E-state index is 0.00771. The van der Waals surface area contributed by atoms with E-state index in [0.29, 0.717) is 37.2 Å². The fourth-order valence-corrected chi connectivity index (χ4v) is 3.36. The molecule has 1 heterocycles. The molecule has 2 aromatic rings. The largest absolute Gasteiger partial charge is 0.369 e. The number of amides is 2. The molecule has 1 aliphatic rings. The van der Waals surface area contributed by atoms with E-state index in [4.69, 9.17) is 5.73 Å². The molecule has 144 valence electrons. The number of halogens is 1. The summed E-state index contributed by atoms with van der Waals surface area (Å²) in [6.07, 6.45) is 2.73. The van der Waals surface area contributed by atoms with Crippen molar-refractivity contribution in [3.63, 3.8) is 0 Å². The molecule has 0 atom stereocenters. The fourth-order valence-electron chi connectivity index (χ4n) is 3.36. The Balaban J connectivity index is 1.76. The van der Waals surface area contributed by atoms with Crippen molar-refractivity contribution in [1.29, 1.82) is 0 Å². The van der Waals surface area contributed by atoms with Gasteiger partial charge in [-0.15, -0.1) is 5.10 Å². The van der Waals surface area contributed by atoms with Gasteiger partial charge in [-0.3, -0.25) is 9.59 Å². The Morgan fingerprint density at radius 2 is 1.96 bits per heavy atom. The summed E-state index contributed by atoms with van der Waals surface area (Å²) in [5, 5.41) is 7.24. The first-order valence-electron chi connectivity index (χ1n) is 9.18. The summed E-state index contributed by atoms with van der Waals surface area (Å²) in [5.74, 6) is -0.492. The number of carbonyl (C=O) groups excluding carboxylic acids is 2. The van der Waals surface area contributed by atoms with Crippen molar-refractivity contribution in [2.24, 2.45) is 11.7 Å². The lowest BCUT2D eigenvalue weighted by atomic mass is 9.85. The monoisotopic (exact) mass is 373 g/mol. The molecule has 7 nitrogen and oxygen atoms in total. The second-order valence-corrected chi connectivity index (χ2v) is 7.26. The lowest BCUT2D eigenvalue weighted by Gasteiger charge is -2.26. The van der Waals surface area contributed by atoms with E-state index in [-0.39, 0.29) is 41.3 Å². The second kappa shape index (κ2) is 7.85. The number of nitrogens with zero attached hydrogens (tertiary/aromatic N) is 3. The third-order valence-electron chi connectivity index (χ3n) is 4.87. The quantitative estimate of drug-likeness (QED) is 0.839. The molecule has 27 heavy (non-hydrogen) atoms. The van der Waals surface area contributed by atoms with Crippen molar-refractivity contribution < 1.29 is 14.0 Å². The number of nitrogens with two attached hydrogens (primary N) is 1. The van der Waals surface area contributed by atoms with Crippen molar-refractivity contribution in [2.45, 2.75) is 51.5 Å². The lowest BCUT2D eigenvalue weighted by Crippen LogP contribution is -2.40. The van der Waals surface area contributed by atoms with Crippen LogP contribution in [0.5, 0.6) is 0 Å². The van der Waals surface area contributed by atoms with Crippen LogP contribution in [0.25, 0.3) is 5.69 Å². The summed E-state index contributed by atoms with van der Waals surface area (Å²) in [7, 11) is 0. The molecule has 0 aliphatic heterocycles. The molecule has 0 saturated heterocycles. The van der Waals surface area contributed by atoms with Gasteiger partial charge in [0.25, 0.3) is 5.91 Å². The third-order valence-corrected chi connectivity index (χ3v) is 4.87. The van der Waals surface area contributed by atoms with Gasteiger partial charge in [-0.25, -0.2) is 14.1 Å². The highest BCUT2D eigenvalue weighted by molar-refractivity contribution is 5.90. The van der Waals surface area contributed by atoms with Gasteiger partial charge in [-0.05, 0) is 43.9 Å². The predicted molar refractivity (Wildman–Crippen MR) is 97.8 cm³/mol. The minimum atomic E-state index is -0.380. The fraction of sp³-hybridized carbons (Fsp3) is 0.474. The van der Waals surface area contributed by atoms with Crippen LogP contribution in [0, 0.1) is 11.7 Å². The molecule has 0 bridgehead atoms. The molecule has 0 radical (unpaired) electrons. The maximum absolute atomic E-state index is 13.6. The van der Waals surface area contributed by atoms with Gasteiger partial charge in [-0.2, -0.15) is 0 Å². The normalized spacial score (nSPS) is 19.9. The number of hydrogen-bond acceptors (Lipinski definition) is 4. The average Bonchev–Trinajstić information content (AvgIpc) is 3.08. The SMILES string of the molecule is CC(C)c1nc(C(=O)NC2CCC(C(N)=O)CC2)nn1-c1cccc(F)c1. The van der Waals surface area contributed by atoms with Crippen molar-refractivity contribution in [1.82, 2.24) is 20.1 Å². The molecular formula is C19H24FN5O2. The van der Waals surface area contributed by atoms with Crippen LogP contribution in [0.15, 0.2) is 24.3 Å². The van der Waals surface area contributed by atoms with Crippen LogP contribution in [0.3, 0.4) is 0 Å². The molecule has 3 N–H and O–H groups in total. The molecule has 1 aromatic heterocycles. The number of hydrogen-bond donors (Lipinski definition) is 2. The Morgan fingerprint density at radius 3 is 2.56 bits per heavy atom. The van der Waals surface area contributed by atoms with Gasteiger partial charge in [0.05, 0.1) is 5.69 Å². The molecule has 3 rings (SSSR count). The Bertz CT molecular complexity index is 840. The topological polar surface area (TPSA) is 103 Å². The molecule has 2 amide bonds. The molecule has 1 aliphatic carbocycles. The van der Waals surface area contributed by atoms with Crippen LogP contribution in [0.4, 0.5) is 4.39 Å². The number of benzene rings is 1. The first kappa shape index (κ1) is 19.0. The van der Waals surface area contributed by atoms with Gasteiger partial charge < -0.3 is 11.1 Å². The number of aromatic nitrogens is 3. The zero-order chi connectivity index (χ0) is 19.6. The highest BCUT2D eigenvalue weighted by Crippen LogP contribution is 2.24. The first-order valence-corrected chi connectivity index (χ1v) is 9.18. The van der Waals surface area contributed by atoms with Gasteiger partial charge in [0.1, 0.15) is 11.6 Å². The van der Waals surface area contributed by atoms with Gasteiger partial charge in [0.2, 0.25) is 11.7 Å². The summed E-state index contributed by atoms with van der Waals surface area (Å²) in [6.45, 7) is 3.87. The molecule has 0 spiro atoms. The summed E-state index contributed by atoms with van der Waals surface area (Å²) < 4.78 is 15.1. The summed E-state index contributed by atoms with van der Waals surface area (Å²) in [6, 6.07) is 5.99. The van der Waals surface area contributed by atoms with Gasteiger partial charge in [0, 0.05) is 17.9 Å². The third kappa shape index (κ3) is 4.32. The molecule has 1 fully saturated rings. The standard InChI is InChI=1S/C19H24FN5O2/c1-11(2)18-23-17(24-25(18)15-5-3-4-13(20)10-15)19(27)22-14-8-6-12(7-9-14)16(21)26/h3-5,10-12,14H,6-9H2,1-2H3,(H2,21,26)(H,22,27). The summed E-state index contributed by atoms with van der Waals surface area (Å²) >= 11 is 0. The molecular weight excluding hydrogens is 349 g/mol. The van der Waals surface area contributed by atoms with Crippen LogP contribution < -0.4 is 11.1 Å². The van der Waals surface area contributed by atoms with E-state index in [1.54, 1.807) is 12.1 Å². The molecule has 1 aromatic carbocycles. The lowest BCUT2D eigenvalue weighted by molar-refractivity contribution is -0.122. The van der Waals surface area contributed by atoms with E-state index >= 15 is 0 Å². The maximum atomic E-state index is 13.6. The second-order valence-electron chi connectivity index (χ2n) is 7.26. The van der Waals surface area contributed by atoms with Crippen LogP contribution in [0.2, 0.25) is 0 Å². The van der Waals surface area contributed by atoms with E-state index < -0.39 is 0 Å². The van der Waals surface area contributed by atoms with Crippen LogP contribution in [-0.2, 0) is 4.79 Å². The maximum Gasteiger partial charge on any atom is 0.291 e. The van der Waals surface area contributed by atoms with Crippen molar-refractivity contribution in [2.75, 3.05) is 0 Å². The molecule has 1 saturated carbocycles. The Morgan fingerprint density at radius 1 is 1.26 bits per heavy atom. The zero-order valence-electron chi connectivity index (χ0n) is 15.5.